The van der Waals surface area contributed by atoms with Crippen LogP contribution in [-0.4, -0.2) is 24.3 Å². The smallest absolute Gasteiger partial charge is 0.309 e. The Kier molecular flexibility index (Phi) is 6.15. The Hall–Kier alpha value is -3.21. The summed E-state index contributed by atoms with van der Waals surface area (Å²) in [6.45, 7) is -0.368. The number of benzene rings is 2. The fourth-order valence-corrected chi connectivity index (χ4v) is 2.98. The molecule has 0 unspecified atom stereocenters. The zero-order valence-corrected chi connectivity index (χ0v) is 14.9. The predicted molar refractivity (Wildman–Crippen MR) is 102 cm³/mol. The quantitative estimate of drug-likeness (QED) is 0.482. The van der Waals surface area contributed by atoms with Crippen LogP contribution in [-0.2, 0) is 14.3 Å². The third-order valence-electron chi connectivity index (χ3n) is 4.43. The van der Waals surface area contributed by atoms with Crippen LogP contribution in [0.5, 0.6) is 0 Å². The first-order valence-corrected chi connectivity index (χ1v) is 8.95. The maximum Gasteiger partial charge on any atom is 0.309 e. The molecule has 5 heteroatoms. The van der Waals surface area contributed by atoms with Gasteiger partial charge in [-0.2, -0.15) is 0 Å². The lowest BCUT2D eigenvalue weighted by molar-refractivity contribution is -0.151. The van der Waals surface area contributed by atoms with Crippen molar-refractivity contribution < 1.29 is 19.1 Å². The second-order valence-corrected chi connectivity index (χ2v) is 6.38. The molecule has 1 aliphatic rings. The van der Waals surface area contributed by atoms with Gasteiger partial charge in [0.05, 0.1) is 11.6 Å². The number of anilines is 1. The molecule has 1 atom stereocenters. The fraction of sp³-hybridized carbons (Fsp3) is 0.227. The number of rotatable bonds is 6. The normalized spacial score (nSPS) is 15.8. The molecule has 5 nitrogen and oxygen atoms in total. The second kappa shape index (κ2) is 8.94. The molecule has 0 fully saturated rings. The van der Waals surface area contributed by atoms with E-state index in [1.165, 1.54) is 0 Å². The van der Waals surface area contributed by atoms with Crippen LogP contribution in [0.2, 0.25) is 0 Å². The first-order chi connectivity index (χ1) is 13.1. The molecule has 3 rings (SSSR count). The molecule has 0 aromatic heterocycles. The van der Waals surface area contributed by atoms with Crippen LogP contribution < -0.4 is 5.32 Å². The molecule has 0 spiro atoms. The van der Waals surface area contributed by atoms with Crippen molar-refractivity contribution in [1.82, 2.24) is 0 Å². The molecule has 0 heterocycles. The third kappa shape index (κ3) is 4.91. The maximum absolute atomic E-state index is 12.7. The lowest BCUT2D eigenvalue weighted by Gasteiger charge is -2.16. The summed E-state index contributed by atoms with van der Waals surface area (Å²) in [6, 6.07) is 15.6. The average Bonchev–Trinajstić information content (AvgIpc) is 2.73. The number of amides is 1. The maximum atomic E-state index is 12.7. The number of allylic oxidation sites excluding steroid dienone is 2. The van der Waals surface area contributed by atoms with Crippen LogP contribution in [0.1, 0.15) is 35.2 Å². The largest absolute Gasteiger partial charge is 0.455 e. The molecule has 0 saturated carbocycles. The van der Waals surface area contributed by atoms with E-state index >= 15 is 0 Å². The average molecular weight is 363 g/mol. The summed E-state index contributed by atoms with van der Waals surface area (Å²) in [7, 11) is 0. The van der Waals surface area contributed by atoms with Gasteiger partial charge in [-0.25, -0.2) is 0 Å². The van der Waals surface area contributed by atoms with E-state index in [2.05, 4.69) is 5.32 Å². The van der Waals surface area contributed by atoms with Crippen LogP contribution >= 0.6 is 0 Å². The van der Waals surface area contributed by atoms with Gasteiger partial charge in [-0.05, 0) is 31.4 Å². The summed E-state index contributed by atoms with van der Waals surface area (Å²) in [4.78, 5) is 36.9. The first-order valence-electron chi connectivity index (χ1n) is 8.95. The summed E-state index contributed by atoms with van der Waals surface area (Å²) < 4.78 is 5.13. The Bertz CT molecular complexity index is 858. The van der Waals surface area contributed by atoms with Crippen LogP contribution in [0.3, 0.4) is 0 Å². The number of esters is 1. The Labute approximate surface area is 158 Å². The van der Waals surface area contributed by atoms with Gasteiger partial charge in [0, 0.05) is 11.1 Å². The van der Waals surface area contributed by atoms with E-state index in [0.717, 1.165) is 12.8 Å². The Morgan fingerprint density at radius 2 is 1.70 bits per heavy atom. The van der Waals surface area contributed by atoms with Gasteiger partial charge in [-0.15, -0.1) is 0 Å². The van der Waals surface area contributed by atoms with Crippen molar-refractivity contribution in [3.05, 3.63) is 77.9 Å². The lowest BCUT2D eigenvalue weighted by atomic mass is 9.95. The molecule has 2 aromatic rings. The number of hydrogen-bond acceptors (Lipinski definition) is 4. The van der Waals surface area contributed by atoms with E-state index in [1.807, 2.05) is 18.2 Å². The molecule has 0 radical (unpaired) electrons. The summed E-state index contributed by atoms with van der Waals surface area (Å²) in [5.41, 5.74) is 1.32. The van der Waals surface area contributed by atoms with Gasteiger partial charge in [0.1, 0.15) is 0 Å². The highest BCUT2D eigenvalue weighted by atomic mass is 16.5. The van der Waals surface area contributed by atoms with Crippen LogP contribution in [0.4, 0.5) is 5.69 Å². The van der Waals surface area contributed by atoms with Crippen LogP contribution in [0.15, 0.2) is 66.7 Å². The van der Waals surface area contributed by atoms with Crippen molar-refractivity contribution in [3.8, 4) is 0 Å². The number of para-hydroxylation sites is 1. The molecule has 27 heavy (non-hydrogen) atoms. The van der Waals surface area contributed by atoms with Gasteiger partial charge in [0.2, 0.25) is 0 Å². The van der Waals surface area contributed by atoms with Gasteiger partial charge in [-0.1, -0.05) is 54.6 Å². The van der Waals surface area contributed by atoms with Gasteiger partial charge in [0.15, 0.2) is 12.4 Å². The Balaban J connectivity index is 1.62. The minimum atomic E-state index is -0.469. The lowest BCUT2D eigenvalue weighted by Crippen LogP contribution is -2.25. The molecular formula is C22H21NO4. The molecule has 2 aromatic carbocycles. The van der Waals surface area contributed by atoms with Crippen molar-refractivity contribution in [1.29, 1.82) is 0 Å². The van der Waals surface area contributed by atoms with E-state index in [0.29, 0.717) is 23.2 Å². The zero-order chi connectivity index (χ0) is 19.1. The monoisotopic (exact) mass is 363 g/mol. The number of hydrogen-bond donors (Lipinski definition) is 1. The minimum Gasteiger partial charge on any atom is -0.455 e. The summed E-state index contributed by atoms with van der Waals surface area (Å²) in [5.74, 6) is -1.20. The zero-order valence-electron chi connectivity index (χ0n) is 14.9. The highest BCUT2D eigenvalue weighted by Crippen LogP contribution is 2.21. The minimum absolute atomic E-state index is 0.183. The van der Waals surface area contributed by atoms with E-state index in [-0.39, 0.29) is 24.3 Å². The highest BCUT2D eigenvalue weighted by Gasteiger charge is 2.21. The topological polar surface area (TPSA) is 72.5 Å². The first kappa shape index (κ1) is 18.6. The van der Waals surface area contributed by atoms with E-state index in [9.17, 15) is 14.4 Å². The van der Waals surface area contributed by atoms with Crippen molar-refractivity contribution in [2.75, 3.05) is 11.9 Å². The van der Waals surface area contributed by atoms with Crippen molar-refractivity contribution in [3.63, 3.8) is 0 Å². The Morgan fingerprint density at radius 1 is 0.963 bits per heavy atom. The van der Waals surface area contributed by atoms with E-state index in [4.69, 9.17) is 4.74 Å². The summed E-state index contributed by atoms with van der Waals surface area (Å²) >= 11 is 0. The standard InChI is InChI=1S/C22H21NO4/c24-20(15-27-22(26)17-11-5-2-6-12-17)23-19-14-8-7-13-18(19)21(25)16-9-3-1-4-10-16/h1-5,7-10,13-14,17H,6,11-12,15H2,(H,23,24)/t17-/m1/s1. The molecule has 1 N–H and O–H groups in total. The molecule has 0 saturated heterocycles. The predicted octanol–water partition coefficient (Wildman–Crippen LogP) is 3.76. The SMILES string of the molecule is O=C(COC(=O)[C@@H]1CC=CCC1)Nc1ccccc1C(=O)c1ccccc1. The van der Waals surface area contributed by atoms with Crippen LogP contribution in [0.25, 0.3) is 0 Å². The van der Waals surface area contributed by atoms with Crippen LogP contribution in [0, 0.1) is 5.92 Å². The molecule has 1 aliphatic carbocycles. The fourth-order valence-electron chi connectivity index (χ4n) is 2.98. The molecular weight excluding hydrogens is 342 g/mol. The number of ketones is 1. The summed E-state index contributed by atoms with van der Waals surface area (Å²) in [5, 5.41) is 2.67. The molecule has 138 valence electrons. The molecule has 1 amide bonds. The number of nitrogens with one attached hydrogen (secondary N) is 1. The number of carbonyl (C=O) groups excluding carboxylic acids is 3. The third-order valence-corrected chi connectivity index (χ3v) is 4.43. The van der Waals surface area contributed by atoms with Crippen molar-refractivity contribution in [2.24, 2.45) is 5.92 Å². The summed E-state index contributed by atoms with van der Waals surface area (Å²) in [6.07, 6.45) is 6.24. The van der Waals surface area contributed by atoms with Gasteiger partial charge in [0.25, 0.3) is 5.91 Å². The van der Waals surface area contributed by atoms with Crippen molar-refractivity contribution in [2.45, 2.75) is 19.3 Å². The molecule has 0 bridgehead atoms. The Morgan fingerprint density at radius 3 is 2.44 bits per heavy atom. The van der Waals surface area contributed by atoms with Crippen molar-refractivity contribution >= 4 is 23.3 Å². The number of ether oxygens (including phenoxy) is 1. The highest BCUT2D eigenvalue weighted by molar-refractivity contribution is 6.13. The molecule has 0 aliphatic heterocycles. The van der Waals surface area contributed by atoms with E-state index in [1.54, 1.807) is 48.5 Å². The van der Waals surface area contributed by atoms with Gasteiger partial charge < -0.3 is 10.1 Å². The van der Waals surface area contributed by atoms with E-state index < -0.39 is 5.91 Å². The number of carbonyl (C=O) groups is 3. The van der Waals surface area contributed by atoms with Gasteiger partial charge >= 0.3 is 5.97 Å². The second-order valence-electron chi connectivity index (χ2n) is 6.38. The van der Waals surface area contributed by atoms with Gasteiger partial charge in [-0.3, -0.25) is 14.4 Å².